The molecule has 0 spiro atoms. The molecule has 1 aliphatic carbocycles. The average molecular weight is 425 g/mol. The highest BCUT2D eigenvalue weighted by molar-refractivity contribution is 5.36. The lowest BCUT2D eigenvalue weighted by molar-refractivity contribution is 0.0540. The minimum Gasteiger partial charge on any atom is -0.395 e. The Morgan fingerprint density at radius 1 is 0.968 bits per heavy atom. The van der Waals surface area contributed by atoms with E-state index >= 15 is 0 Å². The van der Waals surface area contributed by atoms with Crippen molar-refractivity contribution in [1.82, 2.24) is 9.80 Å². The van der Waals surface area contributed by atoms with Crippen molar-refractivity contribution in [3.8, 4) is 11.8 Å². The zero-order valence-electron chi connectivity index (χ0n) is 19.1. The zero-order chi connectivity index (χ0) is 21.3. The first-order chi connectivity index (χ1) is 15.3. The molecule has 2 saturated heterocycles. The summed E-state index contributed by atoms with van der Waals surface area (Å²) in [6.07, 6.45) is 11.8. The van der Waals surface area contributed by atoms with E-state index in [4.69, 9.17) is 9.84 Å². The van der Waals surface area contributed by atoms with Crippen molar-refractivity contribution < 1.29 is 9.84 Å². The van der Waals surface area contributed by atoms with Crippen LogP contribution < -0.4 is 0 Å². The van der Waals surface area contributed by atoms with Crippen molar-refractivity contribution in [2.45, 2.75) is 76.5 Å². The summed E-state index contributed by atoms with van der Waals surface area (Å²) < 4.78 is 5.98. The fraction of sp³-hybridized carbons (Fsp3) is 0.704. The number of hydrogen-bond donors (Lipinski definition) is 1. The van der Waals surface area contributed by atoms with Gasteiger partial charge >= 0.3 is 0 Å². The van der Waals surface area contributed by atoms with E-state index in [-0.39, 0.29) is 6.61 Å². The molecule has 4 heteroatoms. The number of hydrogen-bond acceptors (Lipinski definition) is 4. The third-order valence-electron chi connectivity index (χ3n) is 7.32. The van der Waals surface area contributed by atoms with E-state index in [0.29, 0.717) is 12.5 Å². The summed E-state index contributed by atoms with van der Waals surface area (Å²) in [5.74, 6) is 6.94. The van der Waals surface area contributed by atoms with Crippen LogP contribution in [0.4, 0.5) is 0 Å². The van der Waals surface area contributed by atoms with E-state index in [1.54, 1.807) is 0 Å². The van der Waals surface area contributed by atoms with Crippen LogP contribution in [-0.2, 0) is 11.3 Å². The molecule has 1 N–H and O–H groups in total. The van der Waals surface area contributed by atoms with Gasteiger partial charge < -0.3 is 14.7 Å². The molecule has 1 saturated carbocycles. The van der Waals surface area contributed by atoms with Gasteiger partial charge in [-0.3, -0.25) is 4.90 Å². The topological polar surface area (TPSA) is 35.9 Å². The summed E-state index contributed by atoms with van der Waals surface area (Å²) in [7, 11) is 0. The predicted octanol–water partition coefficient (Wildman–Crippen LogP) is 4.06. The van der Waals surface area contributed by atoms with E-state index in [1.165, 1.54) is 76.6 Å². The predicted molar refractivity (Wildman–Crippen MR) is 126 cm³/mol. The van der Waals surface area contributed by atoms with Gasteiger partial charge in [0, 0.05) is 44.3 Å². The third-order valence-corrected chi connectivity index (χ3v) is 7.32. The largest absolute Gasteiger partial charge is 0.395 e. The van der Waals surface area contributed by atoms with Crippen LogP contribution in [0.5, 0.6) is 0 Å². The number of piperidine rings is 1. The SMILES string of the molecule is OCCC#Cc1ccc(CN(CC2CCN(C3CCCC3)CC2)C[C@H]2CCCO2)cc1. The maximum atomic E-state index is 8.89. The maximum absolute atomic E-state index is 8.89. The molecule has 3 fully saturated rings. The maximum Gasteiger partial charge on any atom is 0.0702 e. The highest BCUT2D eigenvalue weighted by atomic mass is 16.5. The van der Waals surface area contributed by atoms with Crippen molar-refractivity contribution >= 4 is 0 Å². The number of likely N-dealkylation sites (tertiary alicyclic amines) is 1. The minimum absolute atomic E-state index is 0.128. The molecule has 0 unspecified atom stereocenters. The van der Waals surface area contributed by atoms with Crippen LogP contribution in [0, 0.1) is 17.8 Å². The second-order valence-corrected chi connectivity index (χ2v) is 9.72. The zero-order valence-corrected chi connectivity index (χ0v) is 19.1. The van der Waals surface area contributed by atoms with Gasteiger partial charge in [-0.25, -0.2) is 0 Å². The number of nitrogens with zero attached hydrogens (tertiary/aromatic N) is 2. The van der Waals surface area contributed by atoms with Crippen LogP contribution in [0.15, 0.2) is 24.3 Å². The number of benzene rings is 1. The number of aliphatic hydroxyl groups is 1. The molecule has 1 atom stereocenters. The van der Waals surface area contributed by atoms with E-state index in [1.807, 2.05) is 0 Å². The summed E-state index contributed by atoms with van der Waals surface area (Å²) in [5, 5.41) is 8.89. The lowest BCUT2D eigenvalue weighted by Gasteiger charge is -2.38. The van der Waals surface area contributed by atoms with Gasteiger partial charge in [-0.05, 0) is 75.2 Å². The van der Waals surface area contributed by atoms with Crippen molar-refractivity contribution in [2.24, 2.45) is 5.92 Å². The number of aliphatic hydroxyl groups excluding tert-OH is 1. The standard InChI is InChI=1S/C27H40N2O2/c30-18-4-3-6-23-10-12-24(13-11-23)20-28(22-27-9-5-19-31-27)21-25-14-16-29(17-15-25)26-7-1-2-8-26/h10-13,25-27,30H,1-2,4-5,7-9,14-22H2/t27-/m1/s1. The fourth-order valence-electron chi connectivity index (χ4n) is 5.59. The van der Waals surface area contributed by atoms with Gasteiger partial charge in [-0.1, -0.05) is 36.8 Å². The van der Waals surface area contributed by atoms with Crippen molar-refractivity contribution in [3.63, 3.8) is 0 Å². The van der Waals surface area contributed by atoms with Gasteiger partial charge in [0.25, 0.3) is 0 Å². The monoisotopic (exact) mass is 424 g/mol. The number of ether oxygens (including phenoxy) is 1. The average Bonchev–Trinajstić information content (AvgIpc) is 3.50. The normalized spacial score (nSPS) is 23.4. The Kier molecular flexibility index (Phi) is 8.84. The molecule has 1 aromatic rings. The molecule has 170 valence electrons. The summed E-state index contributed by atoms with van der Waals surface area (Å²) >= 11 is 0. The van der Waals surface area contributed by atoms with Crippen molar-refractivity contribution in [1.29, 1.82) is 0 Å². The lowest BCUT2D eigenvalue weighted by atomic mass is 9.94. The summed E-state index contributed by atoms with van der Waals surface area (Å²) in [6, 6.07) is 9.54. The molecule has 4 nitrogen and oxygen atoms in total. The summed E-state index contributed by atoms with van der Waals surface area (Å²) in [5.41, 5.74) is 2.39. The van der Waals surface area contributed by atoms with Crippen LogP contribution >= 0.6 is 0 Å². The fourth-order valence-corrected chi connectivity index (χ4v) is 5.59. The third kappa shape index (κ3) is 7.05. The molecule has 2 heterocycles. The first-order valence-electron chi connectivity index (χ1n) is 12.6. The molecular formula is C27H40N2O2. The van der Waals surface area contributed by atoms with Crippen molar-refractivity contribution in [3.05, 3.63) is 35.4 Å². The van der Waals surface area contributed by atoms with Gasteiger partial charge in [-0.2, -0.15) is 0 Å². The molecule has 3 aliphatic rings. The molecule has 4 rings (SSSR count). The summed E-state index contributed by atoms with van der Waals surface area (Å²) in [6.45, 7) is 6.89. The van der Waals surface area contributed by atoms with E-state index in [2.05, 4.69) is 45.9 Å². The second kappa shape index (κ2) is 12.0. The highest BCUT2D eigenvalue weighted by Gasteiger charge is 2.28. The van der Waals surface area contributed by atoms with Crippen LogP contribution in [-0.4, -0.2) is 66.4 Å². The van der Waals surface area contributed by atoms with Gasteiger partial charge in [0.2, 0.25) is 0 Å². The quantitative estimate of drug-likeness (QED) is 0.639. The molecule has 0 radical (unpaired) electrons. The summed E-state index contributed by atoms with van der Waals surface area (Å²) in [4.78, 5) is 5.43. The molecule has 0 bridgehead atoms. The first kappa shape index (κ1) is 22.8. The smallest absolute Gasteiger partial charge is 0.0702 e. The van der Waals surface area contributed by atoms with Crippen LogP contribution in [0.3, 0.4) is 0 Å². The van der Waals surface area contributed by atoms with Gasteiger partial charge in [0.05, 0.1) is 12.7 Å². The van der Waals surface area contributed by atoms with Crippen LogP contribution in [0.2, 0.25) is 0 Å². The van der Waals surface area contributed by atoms with Gasteiger partial charge in [-0.15, -0.1) is 0 Å². The molecule has 0 aromatic heterocycles. The minimum atomic E-state index is 0.128. The van der Waals surface area contributed by atoms with Crippen LogP contribution in [0.25, 0.3) is 0 Å². The van der Waals surface area contributed by atoms with E-state index in [0.717, 1.165) is 37.2 Å². The Morgan fingerprint density at radius 2 is 1.74 bits per heavy atom. The Morgan fingerprint density at radius 3 is 2.42 bits per heavy atom. The molecule has 31 heavy (non-hydrogen) atoms. The number of rotatable bonds is 8. The van der Waals surface area contributed by atoms with Crippen LogP contribution in [0.1, 0.15) is 68.9 Å². The first-order valence-corrected chi connectivity index (χ1v) is 12.6. The van der Waals surface area contributed by atoms with E-state index in [9.17, 15) is 0 Å². The van der Waals surface area contributed by atoms with Crippen molar-refractivity contribution in [2.75, 3.05) is 39.4 Å². The highest BCUT2D eigenvalue weighted by Crippen LogP contribution is 2.28. The Labute approximate surface area is 189 Å². The molecular weight excluding hydrogens is 384 g/mol. The molecule has 0 amide bonds. The Balaban J connectivity index is 1.32. The lowest BCUT2D eigenvalue weighted by Crippen LogP contribution is -2.43. The molecule has 2 aliphatic heterocycles. The van der Waals surface area contributed by atoms with Gasteiger partial charge in [0.15, 0.2) is 0 Å². The second-order valence-electron chi connectivity index (χ2n) is 9.72. The molecule has 1 aromatic carbocycles. The van der Waals surface area contributed by atoms with Gasteiger partial charge in [0.1, 0.15) is 0 Å². The van der Waals surface area contributed by atoms with E-state index < -0.39 is 0 Å². The Bertz CT molecular complexity index is 703. The Hall–Kier alpha value is -1.38.